The lowest BCUT2D eigenvalue weighted by atomic mass is 10.3. The van der Waals surface area contributed by atoms with E-state index >= 15 is 0 Å². The summed E-state index contributed by atoms with van der Waals surface area (Å²) >= 11 is 0. The first kappa shape index (κ1) is 11.7. The minimum atomic E-state index is -3.46. The predicted molar refractivity (Wildman–Crippen MR) is 61.7 cm³/mol. The molecule has 0 aliphatic rings. The standard InChI is InChI=1S/C10H12N4O2S/c15-17(16,10-2-1-4-11-7-10)14-5-3-9-6-12-8-13-9/h1-2,4,6-8,14H,3,5H2,(H,12,13). The Kier molecular flexibility index (Phi) is 3.50. The Hall–Kier alpha value is -1.73. The van der Waals surface area contributed by atoms with E-state index in [2.05, 4.69) is 19.7 Å². The second kappa shape index (κ2) is 5.07. The van der Waals surface area contributed by atoms with Crippen LogP contribution in [-0.2, 0) is 16.4 Å². The van der Waals surface area contributed by atoms with Crippen LogP contribution < -0.4 is 4.72 Å². The van der Waals surface area contributed by atoms with E-state index in [0.717, 1.165) is 5.69 Å². The van der Waals surface area contributed by atoms with E-state index in [4.69, 9.17) is 0 Å². The van der Waals surface area contributed by atoms with Crippen molar-refractivity contribution < 1.29 is 8.42 Å². The quantitative estimate of drug-likeness (QED) is 0.802. The highest BCUT2D eigenvalue weighted by molar-refractivity contribution is 7.89. The van der Waals surface area contributed by atoms with Crippen molar-refractivity contribution in [1.29, 1.82) is 0 Å². The average Bonchev–Trinajstić information content (AvgIpc) is 2.83. The fourth-order valence-corrected chi connectivity index (χ4v) is 2.33. The third-order valence-corrected chi connectivity index (χ3v) is 3.63. The second-order valence-corrected chi connectivity index (χ2v) is 5.18. The number of nitrogens with one attached hydrogen (secondary N) is 2. The van der Waals surface area contributed by atoms with Gasteiger partial charge in [-0.3, -0.25) is 4.98 Å². The Labute approximate surface area is 99.2 Å². The van der Waals surface area contributed by atoms with Gasteiger partial charge in [0.15, 0.2) is 0 Å². The normalized spacial score (nSPS) is 11.5. The average molecular weight is 252 g/mol. The van der Waals surface area contributed by atoms with E-state index in [-0.39, 0.29) is 4.90 Å². The number of H-pyrrole nitrogens is 1. The van der Waals surface area contributed by atoms with Gasteiger partial charge in [0.1, 0.15) is 4.90 Å². The Morgan fingerprint density at radius 1 is 1.29 bits per heavy atom. The van der Waals surface area contributed by atoms with Crippen molar-refractivity contribution >= 4 is 10.0 Å². The van der Waals surface area contributed by atoms with Crippen LogP contribution in [0.5, 0.6) is 0 Å². The van der Waals surface area contributed by atoms with Gasteiger partial charge in [0.05, 0.1) is 6.33 Å². The molecular weight excluding hydrogens is 240 g/mol. The fraction of sp³-hybridized carbons (Fsp3) is 0.200. The van der Waals surface area contributed by atoms with Crippen molar-refractivity contribution in [3.63, 3.8) is 0 Å². The molecule has 0 amide bonds. The number of hydrogen-bond acceptors (Lipinski definition) is 4. The molecule has 0 aliphatic heterocycles. The van der Waals surface area contributed by atoms with Gasteiger partial charge in [0, 0.05) is 37.3 Å². The van der Waals surface area contributed by atoms with Crippen molar-refractivity contribution in [1.82, 2.24) is 19.7 Å². The van der Waals surface area contributed by atoms with Crippen LogP contribution >= 0.6 is 0 Å². The zero-order valence-corrected chi connectivity index (χ0v) is 9.81. The van der Waals surface area contributed by atoms with Gasteiger partial charge in [0.25, 0.3) is 0 Å². The highest BCUT2D eigenvalue weighted by Crippen LogP contribution is 2.05. The van der Waals surface area contributed by atoms with E-state index in [9.17, 15) is 8.42 Å². The van der Waals surface area contributed by atoms with Crippen LogP contribution in [0, 0.1) is 0 Å². The van der Waals surface area contributed by atoms with Gasteiger partial charge in [-0.25, -0.2) is 18.1 Å². The molecule has 0 spiro atoms. The minimum absolute atomic E-state index is 0.171. The number of hydrogen-bond donors (Lipinski definition) is 2. The first-order valence-electron chi connectivity index (χ1n) is 5.05. The molecular formula is C10H12N4O2S. The maximum absolute atomic E-state index is 11.8. The number of imidazole rings is 1. The van der Waals surface area contributed by atoms with Crippen LogP contribution in [0.4, 0.5) is 0 Å². The van der Waals surface area contributed by atoms with Gasteiger partial charge < -0.3 is 4.98 Å². The molecule has 0 radical (unpaired) electrons. The van der Waals surface area contributed by atoms with Gasteiger partial charge in [-0.15, -0.1) is 0 Å². The number of aromatic amines is 1. The van der Waals surface area contributed by atoms with Gasteiger partial charge in [-0.05, 0) is 12.1 Å². The van der Waals surface area contributed by atoms with Crippen molar-refractivity contribution in [2.75, 3.05) is 6.54 Å². The molecule has 0 bridgehead atoms. The molecule has 0 aromatic carbocycles. The molecule has 7 heteroatoms. The Morgan fingerprint density at radius 3 is 2.82 bits per heavy atom. The second-order valence-electron chi connectivity index (χ2n) is 3.41. The van der Waals surface area contributed by atoms with Crippen LogP contribution in [-0.4, -0.2) is 29.9 Å². The Bertz CT molecular complexity index is 551. The topological polar surface area (TPSA) is 87.7 Å². The molecule has 2 aromatic heterocycles. The van der Waals surface area contributed by atoms with Gasteiger partial charge >= 0.3 is 0 Å². The molecule has 6 nitrogen and oxygen atoms in total. The zero-order chi connectivity index (χ0) is 12.1. The third-order valence-electron chi connectivity index (χ3n) is 2.19. The zero-order valence-electron chi connectivity index (χ0n) is 9.00. The summed E-state index contributed by atoms with van der Waals surface area (Å²) in [6.45, 7) is 0.319. The van der Waals surface area contributed by atoms with Crippen molar-refractivity contribution in [2.45, 2.75) is 11.3 Å². The van der Waals surface area contributed by atoms with Crippen molar-refractivity contribution in [3.8, 4) is 0 Å². The van der Waals surface area contributed by atoms with Gasteiger partial charge in [0.2, 0.25) is 10.0 Å². The predicted octanol–water partition coefficient (Wildman–Crippen LogP) is 0.326. The smallest absolute Gasteiger partial charge is 0.242 e. The molecule has 0 saturated carbocycles. The third kappa shape index (κ3) is 3.11. The molecule has 17 heavy (non-hydrogen) atoms. The molecule has 2 N–H and O–H groups in total. The molecule has 2 rings (SSSR count). The maximum atomic E-state index is 11.8. The Morgan fingerprint density at radius 2 is 2.18 bits per heavy atom. The summed E-state index contributed by atoms with van der Waals surface area (Å²) in [5, 5.41) is 0. The molecule has 2 heterocycles. The number of sulfonamides is 1. The van der Waals surface area contributed by atoms with E-state index in [1.807, 2.05) is 0 Å². The minimum Gasteiger partial charge on any atom is -0.348 e. The number of rotatable bonds is 5. The number of aromatic nitrogens is 3. The molecule has 0 saturated heterocycles. The van der Waals surface area contributed by atoms with E-state index in [1.165, 1.54) is 18.5 Å². The number of nitrogens with zero attached hydrogens (tertiary/aromatic N) is 2. The molecule has 0 atom stereocenters. The van der Waals surface area contributed by atoms with Crippen LogP contribution in [0.3, 0.4) is 0 Å². The SMILES string of the molecule is O=S(=O)(NCCc1cnc[nH]1)c1cccnc1. The summed E-state index contributed by atoms with van der Waals surface area (Å²) in [5.41, 5.74) is 0.888. The summed E-state index contributed by atoms with van der Waals surface area (Å²) in [6, 6.07) is 3.09. The van der Waals surface area contributed by atoms with Crippen LogP contribution in [0.1, 0.15) is 5.69 Å². The van der Waals surface area contributed by atoms with Crippen LogP contribution in [0.2, 0.25) is 0 Å². The largest absolute Gasteiger partial charge is 0.348 e. The lowest BCUT2D eigenvalue weighted by molar-refractivity contribution is 0.581. The first-order chi connectivity index (χ1) is 8.18. The summed E-state index contributed by atoms with van der Waals surface area (Å²) in [7, 11) is -3.46. The molecule has 0 unspecified atom stereocenters. The monoisotopic (exact) mass is 252 g/mol. The highest BCUT2D eigenvalue weighted by atomic mass is 32.2. The van der Waals surface area contributed by atoms with Gasteiger partial charge in [-0.2, -0.15) is 0 Å². The lowest BCUT2D eigenvalue weighted by Crippen LogP contribution is -2.26. The fourth-order valence-electron chi connectivity index (χ4n) is 1.33. The summed E-state index contributed by atoms with van der Waals surface area (Å²) in [6.07, 6.45) is 6.64. The van der Waals surface area contributed by atoms with E-state index < -0.39 is 10.0 Å². The first-order valence-corrected chi connectivity index (χ1v) is 6.54. The molecule has 2 aromatic rings. The van der Waals surface area contributed by atoms with Gasteiger partial charge in [-0.1, -0.05) is 0 Å². The van der Waals surface area contributed by atoms with Crippen LogP contribution in [0.25, 0.3) is 0 Å². The molecule has 0 aliphatic carbocycles. The molecule has 0 fully saturated rings. The molecule has 90 valence electrons. The van der Waals surface area contributed by atoms with Crippen LogP contribution in [0.15, 0.2) is 41.9 Å². The van der Waals surface area contributed by atoms with E-state index in [1.54, 1.807) is 18.6 Å². The lowest BCUT2D eigenvalue weighted by Gasteiger charge is -2.05. The Balaban J connectivity index is 1.95. The maximum Gasteiger partial charge on any atom is 0.242 e. The summed E-state index contributed by atoms with van der Waals surface area (Å²) in [5.74, 6) is 0. The van der Waals surface area contributed by atoms with Crippen molar-refractivity contribution in [3.05, 3.63) is 42.7 Å². The highest BCUT2D eigenvalue weighted by Gasteiger charge is 2.12. The summed E-state index contributed by atoms with van der Waals surface area (Å²) in [4.78, 5) is 10.7. The van der Waals surface area contributed by atoms with E-state index in [0.29, 0.717) is 13.0 Å². The number of pyridine rings is 1. The summed E-state index contributed by atoms with van der Waals surface area (Å²) < 4.78 is 26.1. The van der Waals surface area contributed by atoms with Crippen molar-refractivity contribution in [2.24, 2.45) is 0 Å².